The Morgan fingerprint density at radius 2 is 2.24 bits per heavy atom. The highest BCUT2D eigenvalue weighted by Crippen LogP contribution is 2.50. The summed E-state index contributed by atoms with van der Waals surface area (Å²) < 4.78 is 2.36. The first-order valence-electron chi connectivity index (χ1n) is 6.38. The Morgan fingerprint density at radius 3 is 2.88 bits per heavy atom. The van der Waals surface area contributed by atoms with Gasteiger partial charge >= 0.3 is 0 Å². The Labute approximate surface area is 99.9 Å². The van der Waals surface area contributed by atoms with E-state index in [1.165, 1.54) is 31.5 Å². The van der Waals surface area contributed by atoms with Gasteiger partial charge in [0.25, 0.3) is 0 Å². The van der Waals surface area contributed by atoms with E-state index in [4.69, 9.17) is 10.7 Å². The summed E-state index contributed by atoms with van der Waals surface area (Å²) >= 11 is 0. The van der Waals surface area contributed by atoms with Gasteiger partial charge in [-0.3, -0.25) is 0 Å². The van der Waals surface area contributed by atoms with Gasteiger partial charge in [0.2, 0.25) is 0 Å². The molecule has 17 heavy (non-hydrogen) atoms. The van der Waals surface area contributed by atoms with E-state index in [9.17, 15) is 0 Å². The van der Waals surface area contributed by atoms with Crippen molar-refractivity contribution in [2.45, 2.75) is 37.1 Å². The molecule has 0 amide bonds. The van der Waals surface area contributed by atoms with Crippen molar-refractivity contribution in [2.75, 3.05) is 6.54 Å². The number of nitrogens with zero attached hydrogens (tertiary/aromatic N) is 3. The van der Waals surface area contributed by atoms with Crippen LogP contribution in [-0.2, 0) is 5.41 Å². The average molecular weight is 228 g/mol. The molecule has 0 saturated heterocycles. The summed E-state index contributed by atoms with van der Waals surface area (Å²) in [6, 6.07) is 4.63. The lowest BCUT2D eigenvalue weighted by atomic mass is 10.1. The van der Waals surface area contributed by atoms with Crippen LogP contribution in [0.3, 0.4) is 0 Å². The molecule has 4 nitrogen and oxygen atoms in total. The maximum Gasteiger partial charge on any atom is 0.160 e. The van der Waals surface area contributed by atoms with Crippen LogP contribution in [0.4, 0.5) is 0 Å². The Kier molecular flexibility index (Phi) is 1.73. The van der Waals surface area contributed by atoms with Gasteiger partial charge in [0.15, 0.2) is 5.65 Å². The number of rotatable bonds is 3. The minimum Gasteiger partial charge on any atom is -0.329 e. The van der Waals surface area contributed by atoms with E-state index in [1.807, 2.05) is 12.3 Å². The summed E-state index contributed by atoms with van der Waals surface area (Å²) in [5.41, 5.74) is 8.16. The summed E-state index contributed by atoms with van der Waals surface area (Å²) in [5.74, 6) is 1.19. The molecular weight excluding hydrogens is 212 g/mol. The quantitative estimate of drug-likeness (QED) is 0.870. The van der Waals surface area contributed by atoms with Gasteiger partial charge in [-0.05, 0) is 37.8 Å². The summed E-state index contributed by atoms with van der Waals surface area (Å²) in [6.07, 6.45) is 6.74. The van der Waals surface area contributed by atoms with E-state index in [1.54, 1.807) is 0 Å². The number of hydrogen-bond acceptors (Lipinski definition) is 3. The van der Waals surface area contributed by atoms with Crippen molar-refractivity contribution in [3.05, 3.63) is 24.2 Å². The number of imidazole rings is 1. The topological polar surface area (TPSA) is 56.7 Å². The van der Waals surface area contributed by atoms with Crippen LogP contribution in [0, 0.1) is 0 Å². The third-order valence-electron chi connectivity index (χ3n) is 4.08. The first kappa shape index (κ1) is 9.59. The smallest absolute Gasteiger partial charge is 0.160 e. The Bertz CT molecular complexity index is 578. The predicted molar refractivity (Wildman–Crippen MR) is 65.8 cm³/mol. The Morgan fingerprint density at radius 1 is 1.41 bits per heavy atom. The molecule has 4 heteroatoms. The molecule has 2 aromatic heterocycles. The van der Waals surface area contributed by atoms with Crippen LogP contribution in [0.1, 0.15) is 37.5 Å². The normalized spacial score (nSPS) is 21.9. The highest BCUT2D eigenvalue weighted by Gasteiger charge is 2.48. The number of aromatic nitrogens is 3. The zero-order valence-electron chi connectivity index (χ0n) is 9.76. The minimum atomic E-state index is 0.156. The van der Waals surface area contributed by atoms with E-state index in [-0.39, 0.29) is 5.41 Å². The maximum absolute atomic E-state index is 5.94. The second kappa shape index (κ2) is 3.07. The third kappa shape index (κ3) is 1.27. The summed E-state index contributed by atoms with van der Waals surface area (Å²) in [7, 11) is 0. The van der Waals surface area contributed by atoms with Crippen molar-refractivity contribution < 1.29 is 0 Å². The minimum absolute atomic E-state index is 0.156. The monoisotopic (exact) mass is 228 g/mol. The molecule has 0 spiro atoms. The zero-order valence-corrected chi connectivity index (χ0v) is 9.76. The van der Waals surface area contributed by atoms with Gasteiger partial charge in [-0.1, -0.05) is 0 Å². The summed E-state index contributed by atoms with van der Waals surface area (Å²) in [6.45, 7) is 0.711. The highest BCUT2D eigenvalue weighted by atomic mass is 15.2. The van der Waals surface area contributed by atoms with Gasteiger partial charge in [0.1, 0.15) is 11.3 Å². The largest absolute Gasteiger partial charge is 0.329 e. The fraction of sp³-hybridized carbons (Fsp3) is 0.538. The van der Waals surface area contributed by atoms with Gasteiger partial charge in [-0.25, -0.2) is 9.97 Å². The third-order valence-corrected chi connectivity index (χ3v) is 4.08. The van der Waals surface area contributed by atoms with Crippen LogP contribution in [0.2, 0.25) is 0 Å². The number of nitrogens with two attached hydrogens (primary N) is 1. The molecule has 0 atom stereocenters. The second-order valence-electron chi connectivity index (χ2n) is 5.37. The molecule has 2 heterocycles. The van der Waals surface area contributed by atoms with E-state index in [2.05, 4.69) is 15.6 Å². The lowest BCUT2D eigenvalue weighted by molar-refractivity contribution is 0.584. The van der Waals surface area contributed by atoms with Crippen LogP contribution in [-0.4, -0.2) is 21.1 Å². The van der Waals surface area contributed by atoms with Crippen molar-refractivity contribution >= 4 is 11.2 Å². The summed E-state index contributed by atoms with van der Waals surface area (Å²) in [4.78, 5) is 9.30. The standard InChI is InChI=1S/C13H16N4/c14-8-13(5-6-13)12-16-10-2-1-7-15-11(10)17(12)9-3-4-9/h1-2,7,9H,3-6,8,14H2. The molecule has 0 radical (unpaired) electrons. The number of hydrogen-bond donors (Lipinski definition) is 1. The molecule has 2 fully saturated rings. The molecular formula is C13H16N4. The van der Waals surface area contributed by atoms with Crippen LogP contribution >= 0.6 is 0 Å². The number of fused-ring (bicyclic) bond motifs is 1. The molecule has 2 aliphatic rings. The molecule has 2 aromatic rings. The van der Waals surface area contributed by atoms with Gasteiger partial charge in [-0.15, -0.1) is 0 Å². The Balaban J connectivity index is 1.98. The molecule has 88 valence electrons. The molecule has 2 saturated carbocycles. The molecule has 0 aromatic carbocycles. The molecule has 0 bridgehead atoms. The van der Waals surface area contributed by atoms with Crippen molar-refractivity contribution in [3.8, 4) is 0 Å². The lowest BCUT2D eigenvalue weighted by Crippen LogP contribution is -2.24. The van der Waals surface area contributed by atoms with Crippen LogP contribution in [0.15, 0.2) is 18.3 Å². The van der Waals surface area contributed by atoms with E-state index in [0.29, 0.717) is 12.6 Å². The predicted octanol–water partition coefficient (Wildman–Crippen LogP) is 1.76. The maximum atomic E-state index is 5.94. The Hall–Kier alpha value is -1.42. The second-order valence-corrected chi connectivity index (χ2v) is 5.37. The van der Waals surface area contributed by atoms with Crippen molar-refractivity contribution in [1.29, 1.82) is 0 Å². The zero-order chi connectivity index (χ0) is 11.5. The average Bonchev–Trinajstić information content (AvgIpc) is 3.27. The summed E-state index contributed by atoms with van der Waals surface area (Å²) in [5, 5.41) is 0. The van der Waals surface area contributed by atoms with Crippen molar-refractivity contribution in [1.82, 2.24) is 14.5 Å². The van der Waals surface area contributed by atoms with E-state index in [0.717, 1.165) is 11.2 Å². The molecule has 4 rings (SSSR count). The first-order chi connectivity index (χ1) is 8.34. The van der Waals surface area contributed by atoms with Crippen molar-refractivity contribution in [3.63, 3.8) is 0 Å². The van der Waals surface area contributed by atoms with Gasteiger partial charge in [0, 0.05) is 24.2 Å². The fourth-order valence-corrected chi connectivity index (χ4v) is 2.65. The van der Waals surface area contributed by atoms with Crippen LogP contribution in [0.25, 0.3) is 11.2 Å². The van der Waals surface area contributed by atoms with Gasteiger partial charge in [0.05, 0.1) is 0 Å². The van der Waals surface area contributed by atoms with Crippen molar-refractivity contribution in [2.24, 2.45) is 5.73 Å². The SMILES string of the molecule is NCC1(c2nc3cccnc3n2C2CC2)CC1. The molecule has 0 aliphatic heterocycles. The van der Waals surface area contributed by atoms with Crippen LogP contribution in [0.5, 0.6) is 0 Å². The molecule has 2 aliphatic carbocycles. The number of pyridine rings is 1. The fourth-order valence-electron chi connectivity index (χ4n) is 2.65. The molecule has 2 N–H and O–H groups in total. The van der Waals surface area contributed by atoms with E-state index < -0.39 is 0 Å². The molecule has 0 unspecified atom stereocenters. The van der Waals surface area contributed by atoms with Crippen LogP contribution < -0.4 is 5.73 Å². The lowest BCUT2D eigenvalue weighted by Gasteiger charge is -2.14. The van der Waals surface area contributed by atoms with Gasteiger partial charge < -0.3 is 10.3 Å². The van der Waals surface area contributed by atoms with Gasteiger partial charge in [-0.2, -0.15) is 0 Å². The van der Waals surface area contributed by atoms with E-state index >= 15 is 0 Å². The highest BCUT2D eigenvalue weighted by molar-refractivity contribution is 5.72. The first-order valence-corrected chi connectivity index (χ1v) is 6.38.